The van der Waals surface area contributed by atoms with E-state index in [0.717, 1.165) is 27.1 Å². The highest BCUT2D eigenvalue weighted by Gasteiger charge is 2.29. The predicted octanol–water partition coefficient (Wildman–Crippen LogP) is 3.33. The molecule has 3 aromatic rings. The zero-order valence-electron chi connectivity index (χ0n) is 13.5. The number of amides is 1. The average Bonchev–Trinajstić information content (AvgIpc) is 3.25. The summed E-state index contributed by atoms with van der Waals surface area (Å²) in [5, 5.41) is 5.55. The Morgan fingerprint density at radius 3 is 3.08 bits per heavy atom. The first-order chi connectivity index (χ1) is 11.8. The minimum atomic E-state index is 0.103. The number of aromatic nitrogens is 2. The Morgan fingerprint density at radius 1 is 1.38 bits per heavy atom. The molecule has 0 saturated heterocycles. The standard InChI is InChI=1S/C18H19N3O2S/c1-23-9-7-15-12-20(11-14-6-8-19-21(14)15)18(22)17-10-13-4-2-3-5-16(13)24-17/h2-6,8,10,15H,7,9,11-12H2,1H3/t15-/m1/s1. The van der Waals surface area contributed by atoms with Crippen molar-refractivity contribution in [1.29, 1.82) is 0 Å². The van der Waals surface area contributed by atoms with Crippen molar-refractivity contribution >= 4 is 27.3 Å². The number of rotatable bonds is 4. The summed E-state index contributed by atoms with van der Waals surface area (Å²) in [6, 6.07) is 12.3. The number of hydrogen-bond donors (Lipinski definition) is 0. The number of ether oxygens (including phenoxy) is 1. The Hall–Kier alpha value is -2.18. The molecule has 0 N–H and O–H groups in total. The summed E-state index contributed by atoms with van der Waals surface area (Å²) in [5.74, 6) is 0.103. The van der Waals surface area contributed by atoms with Gasteiger partial charge in [0.05, 0.1) is 23.2 Å². The Kier molecular flexibility index (Phi) is 4.08. The summed E-state index contributed by atoms with van der Waals surface area (Å²) < 4.78 is 8.40. The van der Waals surface area contributed by atoms with Crippen LogP contribution in [-0.4, -0.2) is 40.8 Å². The second-order valence-electron chi connectivity index (χ2n) is 6.04. The third kappa shape index (κ3) is 2.72. The second kappa shape index (κ2) is 6.37. The van der Waals surface area contributed by atoms with Crippen LogP contribution >= 0.6 is 11.3 Å². The maximum Gasteiger partial charge on any atom is 0.264 e. The number of methoxy groups -OCH3 is 1. The highest BCUT2D eigenvalue weighted by Crippen LogP contribution is 2.29. The fraction of sp³-hybridized carbons (Fsp3) is 0.333. The molecule has 6 heteroatoms. The molecular weight excluding hydrogens is 322 g/mol. The largest absolute Gasteiger partial charge is 0.385 e. The van der Waals surface area contributed by atoms with E-state index in [4.69, 9.17) is 4.74 Å². The van der Waals surface area contributed by atoms with Crippen molar-refractivity contribution in [2.24, 2.45) is 0 Å². The van der Waals surface area contributed by atoms with Crippen molar-refractivity contribution < 1.29 is 9.53 Å². The molecule has 0 radical (unpaired) electrons. The van der Waals surface area contributed by atoms with Gasteiger partial charge in [-0.25, -0.2) is 0 Å². The van der Waals surface area contributed by atoms with Crippen LogP contribution in [0.25, 0.3) is 10.1 Å². The Bertz CT molecular complexity index is 837. The smallest absolute Gasteiger partial charge is 0.264 e. The molecule has 3 heterocycles. The average molecular weight is 341 g/mol. The maximum absolute atomic E-state index is 13.0. The third-order valence-electron chi connectivity index (χ3n) is 4.46. The van der Waals surface area contributed by atoms with Gasteiger partial charge < -0.3 is 9.64 Å². The number of nitrogens with zero attached hydrogens (tertiary/aromatic N) is 3. The molecular formula is C18H19N3O2S. The van der Waals surface area contributed by atoms with Crippen LogP contribution in [0, 0.1) is 0 Å². The Labute approximate surface area is 144 Å². The van der Waals surface area contributed by atoms with E-state index in [-0.39, 0.29) is 11.9 Å². The fourth-order valence-electron chi connectivity index (χ4n) is 3.25. The van der Waals surface area contributed by atoms with Gasteiger partial charge in [-0.3, -0.25) is 9.48 Å². The minimum absolute atomic E-state index is 0.103. The molecule has 2 aromatic heterocycles. The summed E-state index contributed by atoms with van der Waals surface area (Å²) in [6.45, 7) is 1.94. The van der Waals surface area contributed by atoms with Gasteiger partial charge in [0.1, 0.15) is 0 Å². The van der Waals surface area contributed by atoms with Gasteiger partial charge in [0, 0.05) is 31.2 Å². The van der Waals surface area contributed by atoms with E-state index in [0.29, 0.717) is 19.7 Å². The van der Waals surface area contributed by atoms with Crippen molar-refractivity contribution in [3.63, 3.8) is 0 Å². The van der Waals surface area contributed by atoms with Crippen LogP contribution < -0.4 is 0 Å². The number of fused-ring (bicyclic) bond motifs is 2. The number of benzene rings is 1. The molecule has 1 aromatic carbocycles. The number of carbonyl (C=O) groups excluding carboxylic acids is 1. The zero-order chi connectivity index (χ0) is 16.5. The summed E-state index contributed by atoms with van der Waals surface area (Å²) in [6.07, 6.45) is 2.66. The Morgan fingerprint density at radius 2 is 2.25 bits per heavy atom. The first-order valence-corrected chi connectivity index (χ1v) is 8.87. The van der Waals surface area contributed by atoms with Crippen molar-refractivity contribution in [2.75, 3.05) is 20.3 Å². The second-order valence-corrected chi connectivity index (χ2v) is 7.12. The predicted molar refractivity (Wildman–Crippen MR) is 94.3 cm³/mol. The van der Waals surface area contributed by atoms with Crippen LogP contribution in [0.3, 0.4) is 0 Å². The lowest BCUT2D eigenvalue weighted by atomic mass is 10.1. The molecule has 1 amide bonds. The van der Waals surface area contributed by atoms with E-state index in [2.05, 4.69) is 17.2 Å². The number of thiophene rings is 1. The Balaban J connectivity index is 1.60. The summed E-state index contributed by atoms with van der Waals surface area (Å²) in [4.78, 5) is 15.7. The summed E-state index contributed by atoms with van der Waals surface area (Å²) in [5.41, 5.74) is 1.08. The molecule has 0 aliphatic carbocycles. The lowest BCUT2D eigenvalue weighted by Gasteiger charge is -2.33. The van der Waals surface area contributed by atoms with Crippen molar-refractivity contribution in [2.45, 2.75) is 19.0 Å². The van der Waals surface area contributed by atoms with E-state index in [1.807, 2.05) is 40.0 Å². The fourth-order valence-corrected chi connectivity index (χ4v) is 4.28. The SMILES string of the molecule is COCC[C@@H]1CN(C(=O)c2cc3ccccc3s2)Cc2ccnn21. The quantitative estimate of drug-likeness (QED) is 0.731. The van der Waals surface area contributed by atoms with E-state index >= 15 is 0 Å². The normalized spacial score (nSPS) is 17.2. The lowest BCUT2D eigenvalue weighted by Crippen LogP contribution is -2.41. The highest BCUT2D eigenvalue weighted by molar-refractivity contribution is 7.20. The third-order valence-corrected chi connectivity index (χ3v) is 5.56. The molecule has 1 atom stereocenters. The highest BCUT2D eigenvalue weighted by atomic mass is 32.1. The first-order valence-electron chi connectivity index (χ1n) is 8.05. The van der Waals surface area contributed by atoms with Gasteiger partial charge in [-0.15, -0.1) is 11.3 Å². The molecule has 0 bridgehead atoms. The molecule has 1 aliphatic rings. The summed E-state index contributed by atoms with van der Waals surface area (Å²) in [7, 11) is 1.70. The van der Waals surface area contributed by atoms with Gasteiger partial charge >= 0.3 is 0 Å². The van der Waals surface area contributed by atoms with Gasteiger partial charge in [-0.1, -0.05) is 18.2 Å². The van der Waals surface area contributed by atoms with Crippen LogP contribution in [0.4, 0.5) is 0 Å². The van der Waals surface area contributed by atoms with Gasteiger partial charge in [0.2, 0.25) is 0 Å². The van der Waals surface area contributed by atoms with Gasteiger partial charge in [-0.05, 0) is 30.0 Å². The summed E-state index contributed by atoms with van der Waals surface area (Å²) >= 11 is 1.56. The lowest BCUT2D eigenvalue weighted by molar-refractivity contribution is 0.0646. The molecule has 4 rings (SSSR count). The first kappa shape index (κ1) is 15.4. The molecule has 1 aliphatic heterocycles. The van der Waals surface area contributed by atoms with Gasteiger partial charge in [0.25, 0.3) is 5.91 Å². The maximum atomic E-state index is 13.0. The molecule has 0 spiro atoms. The van der Waals surface area contributed by atoms with Gasteiger partial charge in [0.15, 0.2) is 0 Å². The van der Waals surface area contributed by atoms with Gasteiger partial charge in [-0.2, -0.15) is 5.10 Å². The van der Waals surface area contributed by atoms with Crippen LogP contribution in [0.2, 0.25) is 0 Å². The molecule has 0 fully saturated rings. The van der Waals surface area contributed by atoms with Crippen LogP contribution in [0.1, 0.15) is 27.8 Å². The van der Waals surface area contributed by atoms with Crippen molar-refractivity contribution in [3.05, 3.63) is 53.2 Å². The molecule has 5 nitrogen and oxygen atoms in total. The molecule has 124 valence electrons. The zero-order valence-corrected chi connectivity index (χ0v) is 14.3. The van der Waals surface area contributed by atoms with E-state index in [1.165, 1.54) is 0 Å². The molecule has 24 heavy (non-hydrogen) atoms. The molecule has 0 unspecified atom stereocenters. The van der Waals surface area contributed by atoms with Crippen molar-refractivity contribution in [1.82, 2.24) is 14.7 Å². The minimum Gasteiger partial charge on any atom is -0.385 e. The molecule has 0 saturated carbocycles. The van der Waals surface area contributed by atoms with E-state index in [1.54, 1.807) is 18.4 Å². The van der Waals surface area contributed by atoms with Crippen LogP contribution in [0.5, 0.6) is 0 Å². The number of hydrogen-bond acceptors (Lipinski definition) is 4. The number of carbonyl (C=O) groups is 1. The van der Waals surface area contributed by atoms with Crippen LogP contribution in [0.15, 0.2) is 42.6 Å². The van der Waals surface area contributed by atoms with E-state index < -0.39 is 0 Å². The topological polar surface area (TPSA) is 47.4 Å². The van der Waals surface area contributed by atoms with Crippen LogP contribution in [-0.2, 0) is 11.3 Å². The monoisotopic (exact) mass is 341 g/mol. The van der Waals surface area contributed by atoms with E-state index in [9.17, 15) is 4.79 Å². The van der Waals surface area contributed by atoms with Crippen molar-refractivity contribution in [3.8, 4) is 0 Å².